The largest absolute Gasteiger partial charge is 0.390 e. The molecule has 7 heteroatoms. The number of benzene rings is 1. The summed E-state index contributed by atoms with van der Waals surface area (Å²) in [5.74, 6) is 0.856. The third-order valence-electron chi connectivity index (χ3n) is 2.49. The average molecular weight is 282 g/mol. The molecular weight excluding hydrogens is 269 g/mol. The summed E-state index contributed by atoms with van der Waals surface area (Å²) in [5, 5.41) is 2.60. The molecule has 1 aromatic heterocycles. The van der Waals surface area contributed by atoms with Gasteiger partial charge in [0.05, 0.1) is 6.42 Å². The summed E-state index contributed by atoms with van der Waals surface area (Å²) in [7, 11) is 0. The van der Waals surface area contributed by atoms with E-state index in [4.69, 9.17) is 5.73 Å². The lowest BCUT2D eigenvalue weighted by molar-refractivity contribution is -0.131. The van der Waals surface area contributed by atoms with Crippen LogP contribution in [0.25, 0.3) is 11.4 Å². The van der Waals surface area contributed by atoms with Crippen molar-refractivity contribution in [3.63, 3.8) is 0 Å². The smallest absolute Gasteiger partial charge is 0.384 e. The minimum atomic E-state index is -4.20. The van der Waals surface area contributed by atoms with Crippen molar-refractivity contribution in [3.05, 3.63) is 36.4 Å². The third kappa shape index (κ3) is 4.11. The number of hydrogen-bond donors (Lipinski definition) is 2. The van der Waals surface area contributed by atoms with Gasteiger partial charge in [-0.15, -0.1) is 0 Å². The summed E-state index contributed by atoms with van der Waals surface area (Å²) in [6.07, 6.45) is -5.13. The van der Waals surface area contributed by atoms with Crippen molar-refractivity contribution in [3.8, 4) is 11.4 Å². The Bertz CT molecular complexity index is 570. The second-order valence-corrected chi connectivity index (χ2v) is 4.16. The Hall–Kier alpha value is -2.31. The van der Waals surface area contributed by atoms with E-state index in [9.17, 15) is 13.2 Å². The molecule has 20 heavy (non-hydrogen) atoms. The zero-order valence-corrected chi connectivity index (χ0v) is 10.5. The van der Waals surface area contributed by atoms with E-state index >= 15 is 0 Å². The molecule has 0 unspecified atom stereocenters. The van der Waals surface area contributed by atoms with Crippen molar-refractivity contribution < 1.29 is 13.2 Å². The fraction of sp³-hybridized carbons (Fsp3) is 0.231. The van der Waals surface area contributed by atoms with Crippen LogP contribution in [0.4, 0.5) is 24.8 Å². The van der Waals surface area contributed by atoms with E-state index in [0.29, 0.717) is 5.82 Å². The van der Waals surface area contributed by atoms with E-state index in [1.165, 1.54) is 6.07 Å². The van der Waals surface area contributed by atoms with E-state index in [-0.39, 0.29) is 18.2 Å². The van der Waals surface area contributed by atoms with Crippen LogP contribution in [0.5, 0.6) is 0 Å². The van der Waals surface area contributed by atoms with Crippen molar-refractivity contribution in [1.82, 2.24) is 9.97 Å². The molecule has 0 bridgehead atoms. The number of aromatic nitrogens is 2. The molecule has 2 rings (SSSR count). The monoisotopic (exact) mass is 282 g/mol. The van der Waals surface area contributed by atoms with E-state index in [2.05, 4.69) is 15.3 Å². The van der Waals surface area contributed by atoms with Crippen molar-refractivity contribution >= 4 is 11.6 Å². The Kier molecular flexibility index (Phi) is 4.07. The maximum Gasteiger partial charge on any atom is 0.390 e. The summed E-state index contributed by atoms with van der Waals surface area (Å²) in [6.45, 7) is -0.256. The van der Waals surface area contributed by atoms with Crippen molar-refractivity contribution in [2.24, 2.45) is 0 Å². The molecule has 4 nitrogen and oxygen atoms in total. The minimum Gasteiger partial charge on any atom is -0.384 e. The fourth-order valence-corrected chi connectivity index (χ4v) is 1.61. The second-order valence-electron chi connectivity index (χ2n) is 4.16. The highest BCUT2D eigenvalue weighted by atomic mass is 19.4. The maximum atomic E-state index is 12.1. The summed E-state index contributed by atoms with van der Waals surface area (Å²) in [6, 6.07) is 10.5. The van der Waals surface area contributed by atoms with Gasteiger partial charge < -0.3 is 11.1 Å². The summed E-state index contributed by atoms with van der Waals surface area (Å²) < 4.78 is 36.3. The zero-order valence-electron chi connectivity index (χ0n) is 10.5. The molecule has 0 spiro atoms. The quantitative estimate of drug-likeness (QED) is 0.904. The number of alkyl halides is 3. The summed E-state index contributed by atoms with van der Waals surface area (Å²) in [5.41, 5.74) is 6.39. The standard InChI is InChI=1S/C13H13F3N4/c14-13(15,16)6-7-18-11-8-10(17)19-12(20-11)9-4-2-1-3-5-9/h1-5,8H,6-7H2,(H3,17,18,19,20). The minimum absolute atomic E-state index is 0.202. The van der Waals surface area contributed by atoms with Crippen LogP contribution in [-0.2, 0) is 0 Å². The molecule has 106 valence electrons. The lowest BCUT2D eigenvalue weighted by Gasteiger charge is -2.10. The number of nitrogens with one attached hydrogen (secondary N) is 1. The highest BCUT2D eigenvalue weighted by Gasteiger charge is 2.26. The molecule has 0 aliphatic rings. The molecule has 3 N–H and O–H groups in total. The van der Waals surface area contributed by atoms with Crippen LogP contribution in [0.2, 0.25) is 0 Å². The first-order valence-electron chi connectivity index (χ1n) is 5.95. The van der Waals surface area contributed by atoms with Crippen LogP contribution in [-0.4, -0.2) is 22.7 Å². The van der Waals surface area contributed by atoms with Gasteiger partial charge >= 0.3 is 6.18 Å². The molecule has 0 saturated heterocycles. The fourth-order valence-electron chi connectivity index (χ4n) is 1.61. The van der Waals surface area contributed by atoms with E-state index < -0.39 is 12.6 Å². The number of rotatable bonds is 4. The van der Waals surface area contributed by atoms with Crippen LogP contribution in [0.15, 0.2) is 36.4 Å². The first kappa shape index (κ1) is 14.1. The number of anilines is 2. The van der Waals surface area contributed by atoms with Crippen LogP contribution >= 0.6 is 0 Å². The van der Waals surface area contributed by atoms with Gasteiger partial charge in [0.2, 0.25) is 0 Å². The summed E-state index contributed by atoms with van der Waals surface area (Å²) in [4.78, 5) is 8.22. The number of nitrogen functional groups attached to an aromatic ring is 1. The molecule has 1 heterocycles. The van der Waals surface area contributed by atoms with Gasteiger partial charge in [0.1, 0.15) is 11.6 Å². The molecule has 0 radical (unpaired) electrons. The number of nitrogens with zero attached hydrogens (tertiary/aromatic N) is 2. The SMILES string of the molecule is Nc1cc(NCCC(F)(F)F)nc(-c2ccccc2)n1. The van der Waals surface area contributed by atoms with Gasteiger partial charge in [0, 0.05) is 18.2 Å². The molecule has 2 aromatic rings. The lowest BCUT2D eigenvalue weighted by Crippen LogP contribution is -2.15. The van der Waals surface area contributed by atoms with Gasteiger partial charge in [-0.05, 0) is 0 Å². The topological polar surface area (TPSA) is 63.8 Å². The van der Waals surface area contributed by atoms with E-state index in [0.717, 1.165) is 5.56 Å². The van der Waals surface area contributed by atoms with Gasteiger partial charge in [0.15, 0.2) is 5.82 Å². The number of halogens is 3. The molecule has 0 aliphatic heterocycles. The molecular formula is C13H13F3N4. The van der Waals surface area contributed by atoms with E-state index in [1.807, 2.05) is 18.2 Å². The Balaban J connectivity index is 2.13. The van der Waals surface area contributed by atoms with Crippen LogP contribution in [0.1, 0.15) is 6.42 Å². The van der Waals surface area contributed by atoms with Gasteiger partial charge in [-0.25, -0.2) is 9.97 Å². The first-order valence-corrected chi connectivity index (χ1v) is 5.95. The zero-order chi connectivity index (χ0) is 14.6. The number of hydrogen-bond acceptors (Lipinski definition) is 4. The van der Waals surface area contributed by atoms with Crippen LogP contribution in [0.3, 0.4) is 0 Å². The lowest BCUT2D eigenvalue weighted by atomic mass is 10.2. The predicted octanol–water partition coefficient (Wildman–Crippen LogP) is 3.09. The molecule has 0 saturated carbocycles. The molecule has 0 aliphatic carbocycles. The van der Waals surface area contributed by atoms with Gasteiger partial charge in [-0.1, -0.05) is 30.3 Å². The Morgan fingerprint density at radius 1 is 1.10 bits per heavy atom. The Labute approximate surface area is 113 Å². The third-order valence-corrected chi connectivity index (χ3v) is 2.49. The second kappa shape index (κ2) is 5.77. The maximum absolute atomic E-state index is 12.1. The summed E-state index contributed by atoms with van der Waals surface area (Å²) >= 11 is 0. The molecule has 0 amide bonds. The predicted molar refractivity (Wildman–Crippen MR) is 71.0 cm³/mol. The van der Waals surface area contributed by atoms with Gasteiger partial charge in [-0.3, -0.25) is 0 Å². The Morgan fingerprint density at radius 2 is 1.80 bits per heavy atom. The normalized spacial score (nSPS) is 11.3. The Morgan fingerprint density at radius 3 is 2.45 bits per heavy atom. The van der Waals surface area contributed by atoms with Gasteiger partial charge in [-0.2, -0.15) is 13.2 Å². The van der Waals surface area contributed by atoms with Crippen LogP contribution in [0, 0.1) is 0 Å². The van der Waals surface area contributed by atoms with Crippen molar-refractivity contribution in [2.45, 2.75) is 12.6 Å². The highest BCUT2D eigenvalue weighted by molar-refractivity contribution is 5.60. The van der Waals surface area contributed by atoms with Crippen molar-refractivity contribution in [2.75, 3.05) is 17.6 Å². The van der Waals surface area contributed by atoms with Gasteiger partial charge in [0.25, 0.3) is 0 Å². The average Bonchev–Trinajstić information content (AvgIpc) is 2.37. The molecule has 0 atom stereocenters. The highest BCUT2D eigenvalue weighted by Crippen LogP contribution is 2.21. The number of nitrogens with two attached hydrogens (primary N) is 1. The molecule has 0 fully saturated rings. The van der Waals surface area contributed by atoms with Crippen LogP contribution < -0.4 is 11.1 Å². The molecule has 1 aromatic carbocycles. The van der Waals surface area contributed by atoms with Crippen molar-refractivity contribution in [1.29, 1.82) is 0 Å². The van der Waals surface area contributed by atoms with E-state index in [1.54, 1.807) is 12.1 Å². The first-order chi connectivity index (χ1) is 9.44.